The van der Waals surface area contributed by atoms with Crippen LogP contribution in [0.25, 0.3) is 11.1 Å². The van der Waals surface area contributed by atoms with Crippen LogP contribution in [-0.2, 0) is 0 Å². The van der Waals surface area contributed by atoms with E-state index < -0.39 is 6.10 Å². The van der Waals surface area contributed by atoms with Crippen molar-refractivity contribution < 1.29 is 9.84 Å². The van der Waals surface area contributed by atoms with Crippen LogP contribution in [0.4, 0.5) is 0 Å². The second-order valence-corrected chi connectivity index (χ2v) is 4.97. The molecule has 0 radical (unpaired) electrons. The molecule has 20 heavy (non-hydrogen) atoms. The summed E-state index contributed by atoms with van der Waals surface area (Å²) in [5.74, 6) is 0.808. The highest BCUT2D eigenvalue weighted by Gasteiger charge is 2.14. The number of benzene rings is 2. The molecule has 0 aromatic heterocycles. The molecule has 2 heteroatoms. The second-order valence-electron chi connectivity index (χ2n) is 4.97. The van der Waals surface area contributed by atoms with Crippen LogP contribution in [0, 0.1) is 0 Å². The summed E-state index contributed by atoms with van der Waals surface area (Å²) in [5, 5.41) is 9.95. The minimum atomic E-state index is -0.532. The largest absolute Gasteiger partial charge is 0.493 e. The molecule has 0 aliphatic rings. The Morgan fingerprint density at radius 1 is 1.05 bits per heavy atom. The van der Waals surface area contributed by atoms with Crippen LogP contribution in [0.3, 0.4) is 0 Å². The Morgan fingerprint density at radius 2 is 1.80 bits per heavy atom. The fourth-order valence-corrected chi connectivity index (χ4v) is 2.21. The zero-order chi connectivity index (χ0) is 14.4. The highest BCUT2D eigenvalue weighted by molar-refractivity contribution is 5.72. The van der Waals surface area contributed by atoms with Crippen LogP contribution in [0.2, 0.25) is 0 Å². The first-order valence-corrected chi connectivity index (χ1v) is 7.23. The van der Waals surface area contributed by atoms with E-state index in [0.29, 0.717) is 6.61 Å². The maximum absolute atomic E-state index is 9.95. The monoisotopic (exact) mass is 270 g/mol. The molecular weight excluding hydrogens is 248 g/mol. The molecule has 1 N–H and O–H groups in total. The van der Waals surface area contributed by atoms with Gasteiger partial charge in [0, 0.05) is 11.1 Å². The van der Waals surface area contributed by atoms with Crippen molar-refractivity contribution in [1.82, 2.24) is 0 Å². The molecule has 106 valence electrons. The van der Waals surface area contributed by atoms with Gasteiger partial charge in [-0.1, -0.05) is 61.9 Å². The lowest BCUT2D eigenvalue weighted by atomic mass is 9.99. The molecule has 0 fully saturated rings. The van der Waals surface area contributed by atoms with Gasteiger partial charge in [-0.3, -0.25) is 0 Å². The molecule has 0 bridgehead atoms. The average Bonchev–Trinajstić information content (AvgIpc) is 2.48. The van der Waals surface area contributed by atoms with Gasteiger partial charge in [0.05, 0.1) is 12.7 Å². The Kier molecular flexibility index (Phi) is 5.19. The van der Waals surface area contributed by atoms with Gasteiger partial charge in [-0.15, -0.1) is 0 Å². The van der Waals surface area contributed by atoms with Crippen molar-refractivity contribution in [3.8, 4) is 16.9 Å². The molecule has 0 saturated carbocycles. The van der Waals surface area contributed by atoms with Gasteiger partial charge in [-0.2, -0.15) is 0 Å². The van der Waals surface area contributed by atoms with E-state index >= 15 is 0 Å². The van der Waals surface area contributed by atoms with E-state index in [9.17, 15) is 5.11 Å². The van der Waals surface area contributed by atoms with Gasteiger partial charge in [-0.25, -0.2) is 0 Å². The summed E-state index contributed by atoms with van der Waals surface area (Å²) in [6.45, 7) is 4.60. The lowest BCUT2D eigenvalue weighted by molar-refractivity contribution is 0.191. The van der Waals surface area contributed by atoms with E-state index in [1.165, 1.54) is 0 Å². The quantitative estimate of drug-likeness (QED) is 0.778. The van der Waals surface area contributed by atoms with Crippen LogP contribution < -0.4 is 4.74 Å². The Balaban J connectivity index is 2.42. The Hall–Kier alpha value is -1.80. The van der Waals surface area contributed by atoms with Gasteiger partial charge in [0.15, 0.2) is 0 Å². The van der Waals surface area contributed by atoms with Crippen LogP contribution in [0.1, 0.15) is 38.4 Å². The standard InChI is InChI=1S/C18H22O2/c1-3-4-13-20-18-16(14(2)19)11-8-12-17(18)15-9-6-5-7-10-15/h5-12,14,19H,3-4,13H2,1-2H3. The first-order valence-electron chi connectivity index (χ1n) is 7.23. The number of aliphatic hydroxyl groups excluding tert-OH is 1. The van der Waals surface area contributed by atoms with E-state index in [1.807, 2.05) is 36.4 Å². The van der Waals surface area contributed by atoms with Gasteiger partial charge in [0.2, 0.25) is 0 Å². The highest BCUT2D eigenvalue weighted by Crippen LogP contribution is 2.36. The van der Waals surface area contributed by atoms with Crippen LogP contribution in [-0.4, -0.2) is 11.7 Å². The number of hydrogen-bond acceptors (Lipinski definition) is 2. The van der Waals surface area contributed by atoms with E-state index in [-0.39, 0.29) is 0 Å². The van der Waals surface area contributed by atoms with E-state index in [2.05, 4.69) is 19.1 Å². The van der Waals surface area contributed by atoms with Crippen LogP contribution in [0.5, 0.6) is 5.75 Å². The Bertz CT molecular complexity index is 532. The fraction of sp³-hybridized carbons (Fsp3) is 0.333. The number of aliphatic hydroxyl groups is 1. The maximum Gasteiger partial charge on any atom is 0.132 e. The molecule has 0 aliphatic heterocycles. The normalized spacial score (nSPS) is 12.2. The first kappa shape index (κ1) is 14.6. The zero-order valence-corrected chi connectivity index (χ0v) is 12.2. The van der Waals surface area contributed by atoms with E-state index in [4.69, 9.17) is 4.74 Å². The van der Waals surface area contributed by atoms with Crippen molar-refractivity contribution in [3.05, 3.63) is 54.1 Å². The van der Waals surface area contributed by atoms with Crippen molar-refractivity contribution in [2.75, 3.05) is 6.61 Å². The number of unbranched alkanes of at least 4 members (excludes halogenated alkanes) is 1. The third-order valence-electron chi connectivity index (χ3n) is 3.32. The molecule has 2 aromatic carbocycles. The molecule has 0 aliphatic carbocycles. The van der Waals surface area contributed by atoms with E-state index in [1.54, 1.807) is 6.92 Å². The van der Waals surface area contributed by atoms with Crippen molar-refractivity contribution in [3.63, 3.8) is 0 Å². The molecule has 0 heterocycles. The third-order valence-corrected chi connectivity index (χ3v) is 3.32. The minimum Gasteiger partial charge on any atom is -0.493 e. The van der Waals surface area contributed by atoms with Gasteiger partial charge >= 0.3 is 0 Å². The molecule has 1 atom stereocenters. The summed E-state index contributed by atoms with van der Waals surface area (Å²) >= 11 is 0. The fourth-order valence-electron chi connectivity index (χ4n) is 2.21. The lowest BCUT2D eigenvalue weighted by Gasteiger charge is -2.17. The summed E-state index contributed by atoms with van der Waals surface area (Å²) in [7, 11) is 0. The summed E-state index contributed by atoms with van der Waals surface area (Å²) in [4.78, 5) is 0. The zero-order valence-electron chi connectivity index (χ0n) is 12.2. The van der Waals surface area contributed by atoms with Crippen molar-refractivity contribution in [1.29, 1.82) is 0 Å². The number of ether oxygens (including phenoxy) is 1. The van der Waals surface area contributed by atoms with Crippen LogP contribution >= 0.6 is 0 Å². The predicted molar refractivity (Wildman–Crippen MR) is 82.9 cm³/mol. The number of para-hydroxylation sites is 1. The molecule has 0 saturated heterocycles. The maximum atomic E-state index is 9.95. The van der Waals surface area contributed by atoms with Crippen molar-refractivity contribution in [2.24, 2.45) is 0 Å². The highest BCUT2D eigenvalue weighted by atomic mass is 16.5. The van der Waals surface area contributed by atoms with Gasteiger partial charge in [0.25, 0.3) is 0 Å². The van der Waals surface area contributed by atoms with E-state index in [0.717, 1.165) is 35.3 Å². The minimum absolute atomic E-state index is 0.532. The predicted octanol–water partition coefficient (Wildman–Crippen LogP) is 4.59. The number of rotatable bonds is 6. The van der Waals surface area contributed by atoms with Gasteiger partial charge in [-0.05, 0) is 18.9 Å². The van der Waals surface area contributed by atoms with Crippen LogP contribution in [0.15, 0.2) is 48.5 Å². The Morgan fingerprint density at radius 3 is 2.45 bits per heavy atom. The summed E-state index contributed by atoms with van der Waals surface area (Å²) in [5.41, 5.74) is 3.00. The lowest BCUT2D eigenvalue weighted by Crippen LogP contribution is -2.03. The summed E-state index contributed by atoms with van der Waals surface area (Å²) < 4.78 is 5.96. The third kappa shape index (κ3) is 3.40. The Labute approximate surface area is 121 Å². The summed E-state index contributed by atoms with van der Waals surface area (Å²) in [6, 6.07) is 16.1. The molecule has 1 unspecified atom stereocenters. The average molecular weight is 270 g/mol. The molecule has 2 aromatic rings. The molecule has 0 amide bonds. The molecule has 0 spiro atoms. The number of hydrogen-bond donors (Lipinski definition) is 1. The van der Waals surface area contributed by atoms with Gasteiger partial charge < -0.3 is 9.84 Å². The molecule has 2 rings (SSSR count). The van der Waals surface area contributed by atoms with Crippen molar-refractivity contribution >= 4 is 0 Å². The van der Waals surface area contributed by atoms with Gasteiger partial charge in [0.1, 0.15) is 5.75 Å². The SMILES string of the molecule is CCCCOc1c(-c2ccccc2)cccc1C(C)O. The topological polar surface area (TPSA) is 29.5 Å². The second kappa shape index (κ2) is 7.11. The smallest absolute Gasteiger partial charge is 0.132 e. The van der Waals surface area contributed by atoms with Crippen molar-refractivity contribution in [2.45, 2.75) is 32.8 Å². The summed E-state index contributed by atoms with van der Waals surface area (Å²) in [6.07, 6.45) is 1.58. The molecule has 2 nitrogen and oxygen atoms in total. The molecular formula is C18H22O2. The first-order chi connectivity index (χ1) is 9.74.